The summed E-state index contributed by atoms with van der Waals surface area (Å²) in [5.41, 5.74) is 25.5. The van der Waals surface area contributed by atoms with Gasteiger partial charge >= 0.3 is 0 Å². The molecule has 12 aromatic rings. The predicted octanol–water partition coefficient (Wildman–Crippen LogP) is 18.6. The van der Waals surface area contributed by atoms with Gasteiger partial charge in [-0.1, -0.05) is 244 Å². The molecule has 1 aromatic heterocycles. The molecule has 74 heavy (non-hydrogen) atoms. The highest BCUT2D eigenvalue weighted by molar-refractivity contribution is 6.10. The molecular weight excluding hydrogens is 891 g/mol. The van der Waals surface area contributed by atoms with Crippen molar-refractivity contribution in [1.29, 1.82) is 0 Å². The Labute approximate surface area is 434 Å². The van der Waals surface area contributed by atoms with Crippen LogP contribution in [-0.2, 0) is 17.3 Å². The molecule has 0 N–H and O–H groups in total. The first-order valence-electron chi connectivity index (χ1n) is 26.3. The van der Waals surface area contributed by atoms with Crippen molar-refractivity contribution in [2.75, 3.05) is 0 Å². The van der Waals surface area contributed by atoms with E-state index in [1.54, 1.807) is 0 Å². The molecule has 352 valence electrons. The predicted molar refractivity (Wildman–Crippen MR) is 310 cm³/mol. The molecule has 14 rings (SSSR count). The number of para-hydroxylation sites is 1. The molecule has 0 radical (unpaired) electrons. The van der Waals surface area contributed by atoms with Crippen molar-refractivity contribution in [3.63, 3.8) is 0 Å². The first-order chi connectivity index (χ1) is 36.4. The highest BCUT2D eigenvalue weighted by atomic mass is 15.0. The van der Waals surface area contributed by atoms with Gasteiger partial charge in [0, 0.05) is 27.8 Å². The second kappa shape index (κ2) is 17.5. The van der Waals surface area contributed by atoms with Crippen LogP contribution < -0.4 is 0 Å². The molecule has 0 saturated carbocycles. The molecule has 0 saturated heterocycles. The Bertz CT molecular complexity index is 4060. The van der Waals surface area contributed by atoms with Crippen molar-refractivity contribution in [3.8, 4) is 50.2 Å². The van der Waals surface area contributed by atoms with Crippen LogP contribution in [0.1, 0.15) is 76.3 Å². The van der Waals surface area contributed by atoms with Crippen LogP contribution in [0.4, 0.5) is 0 Å². The first-order valence-corrected chi connectivity index (χ1v) is 26.3. The second-order valence-corrected chi connectivity index (χ2v) is 21.1. The maximum absolute atomic E-state index is 2.49. The topological polar surface area (TPSA) is 4.93 Å². The quantitative estimate of drug-likeness (QED) is 0.129. The zero-order valence-corrected chi connectivity index (χ0v) is 41.8. The van der Waals surface area contributed by atoms with Gasteiger partial charge in [0.15, 0.2) is 0 Å². The molecule has 0 fully saturated rings. The van der Waals surface area contributed by atoms with Crippen LogP contribution in [0.3, 0.4) is 0 Å². The summed E-state index contributed by atoms with van der Waals surface area (Å²) in [5, 5.41) is 2.50. The zero-order chi connectivity index (χ0) is 49.4. The minimum Gasteiger partial charge on any atom is -0.309 e. The Balaban J connectivity index is 0.794. The molecular formula is C73H55N. The summed E-state index contributed by atoms with van der Waals surface area (Å²) in [6.45, 7) is 4.73. The van der Waals surface area contributed by atoms with Crippen LogP contribution in [0.25, 0.3) is 72.0 Å². The minimum atomic E-state index is -0.432. The average Bonchev–Trinajstić information content (AvgIpc) is 4.13. The number of nitrogens with zero attached hydrogens (tertiary/aromatic N) is 1. The number of rotatable bonds is 10. The molecule has 1 unspecified atom stereocenters. The van der Waals surface area contributed by atoms with Gasteiger partial charge in [0.25, 0.3) is 0 Å². The monoisotopic (exact) mass is 945 g/mol. The third-order valence-electron chi connectivity index (χ3n) is 16.8. The van der Waals surface area contributed by atoms with Gasteiger partial charge in [-0.3, -0.25) is 0 Å². The van der Waals surface area contributed by atoms with Crippen molar-refractivity contribution < 1.29 is 0 Å². The highest BCUT2D eigenvalue weighted by Gasteiger charge is 2.46. The summed E-state index contributed by atoms with van der Waals surface area (Å²) < 4.78 is 2.47. The summed E-state index contributed by atoms with van der Waals surface area (Å²) in [6.07, 6.45) is 2.00. The van der Waals surface area contributed by atoms with Crippen LogP contribution in [0, 0.1) is 0 Å². The third kappa shape index (κ3) is 6.91. The molecule has 11 aromatic carbocycles. The smallest absolute Gasteiger partial charge is 0.0713 e. The lowest BCUT2D eigenvalue weighted by Gasteiger charge is -2.33. The lowest BCUT2D eigenvalue weighted by atomic mass is 9.68. The SMILES string of the molecule is CC1(C)c2ccccc2-c2cc(C(CCc3cccc(-c4cccc(-c5ccc6c(c5)c5ccccc5n6-c5ccc6c(c5)-c5ccccc5C6(c5ccccc5)c5ccccc5)c4)c3)c3ccccc3)ccc21. The van der Waals surface area contributed by atoms with Crippen LogP contribution in [0.15, 0.2) is 267 Å². The molecule has 0 amide bonds. The molecule has 0 spiro atoms. The molecule has 2 aliphatic rings. The summed E-state index contributed by atoms with van der Waals surface area (Å²) in [4.78, 5) is 0. The van der Waals surface area contributed by atoms with E-state index in [1.165, 1.54) is 116 Å². The Morgan fingerprint density at radius 2 is 0.892 bits per heavy atom. The van der Waals surface area contributed by atoms with E-state index in [4.69, 9.17) is 0 Å². The van der Waals surface area contributed by atoms with Gasteiger partial charge in [-0.15, -0.1) is 0 Å². The number of hydrogen-bond donors (Lipinski definition) is 0. The van der Waals surface area contributed by atoms with Crippen LogP contribution in [-0.4, -0.2) is 4.57 Å². The maximum Gasteiger partial charge on any atom is 0.0713 e. The van der Waals surface area contributed by atoms with E-state index >= 15 is 0 Å². The molecule has 1 nitrogen and oxygen atoms in total. The Morgan fingerprint density at radius 1 is 0.351 bits per heavy atom. The molecule has 1 atom stereocenters. The third-order valence-corrected chi connectivity index (χ3v) is 16.8. The summed E-state index contributed by atoms with van der Waals surface area (Å²) in [6, 6.07) is 100. The van der Waals surface area contributed by atoms with Crippen molar-refractivity contribution >= 4 is 21.8 Å². The molecule has 2 aliphatic carbocycles. The summed E-state index contributed by atoms with van der Waals surface area (Å²) in [7, 11) is 0. The van der Waals surface area contributed by atoms with E-state index in [0.29, 0.717) is 0 Å². The maximum atomic E-state index is 2.49. The molecule has 1 heteroatoms. The minimum absolute atomic E-state index is 0.00293. The fourth-order valence-corrected chi connectivity index (χ4v) is 13.3. The van der Waals surface area contributed by atoms with Gasteiger partial charge < -0.3 is 4.57 Å². The van der Waals surface area contributed by atoms with Gasteiger partial charge in [0.1, 0.15) is 0 Å². The van der Waals surface area contributed by atoms with Crippen LogP contribution >= 0.6 is 0 Å². The van der Waals surface area contributed by atoms with Gasteiger partial charge in [0.05, 0.1) is 16.4 Å². The van der Waals surface area contributed by atoms with E-state index in [2.05, 4.69) is 285 Å². The van der Waals surface area contributed by atoms with Crippen LogP contribution in [0.5, 0.6) is 0 Å². The average molecular weight is 946 g/mol. The van der Waals surface area contributed by atoms with Crippen LogP contribution in [0.2, 0.25) is 0 Å². The standard InChI is InChI=1S/C73H55N/c1-72(2)66-33-15-12-30-60(66)63-47-55(37-41-67(63)72)59(50-21-6-3-7-22-50)40-36-49-20-18-23-51(44-49)52-24-19-25-53(45-52)54-38-43-71-65(46-54)62-32-14-17-35-70(62)74(71)58-39-42-69-64(48-58)61-31-13-16-34-68(61)73(69,56-26-8-4-9-27-56)57-28-10-5-11-29-57/h3-35,37-39,41-48,59H,36,40H2,1-2H3. The Kier molecular flexibility index (Phi) is 10.4. The van der Waals surface area contributed by atoms with Gasteiger partial charge in [-0.25, -0.2) is 0 Å². The lowest BCUT2D eigenvalue weighted by molar-refractivity contribution is 0.659. The number of aromatic nitrogens is 1. The number of benzene rings is 11. The Morgan fingerprint density at radius 3 is 1.64 bits per heavy atom. The first kappa shape index (κ1) is 44.0. The van der Waals surface area contributed by atoms with E-state index < -0.39 is 5.41 Å². The number of fused-ring (bicyclic) bond motifs is 9. The van der Waals surface area contributed by atoms with E-state index in [0.717, 1.165) is 18.5 Å². The summed E-state index contributed by atoms with van der Waals surface area (Å²) >= 11 is 0. The number of aryl methyl sites for hydroxylation is 1. The van der Waals surface area contributed by atoms with E-state index in [-0.39, 0.29) is 11.3 Å². The molecule has 0 aliphatic heterocycles. The van der Waals surface area contributed by atoms with Crippen molar-refractivity contribution in [3.05, 3.63) is 317 Å². The van der Waals surface area contributed by atoms with E-state index in [1.807, 2.05) is 0 Å². The summed E-state index contributed by atoms with van der Waals surface area (Å²) in [5.74, 6) is 0.281. The van der Waals surface area contributed by atoms with Gasteiger partial charge in [-0.05, 0) is 144 Å². The lowest BCUT2D eigenvalue weighted by Crippen LogP contribution is -2.28. The molecule has 1 heterocycles. The molecule has 0 bridgehead atoms. The van der Waals surface area contributed by atoms with E-state index in [9.17, 15) is 0 Å². The van der Waals surface area contributed by atoms with Gasteiger partial charge in [-0.2, -0.15) is 0 Å². The van der Waals surface area contributed by atoms with Crippen molar-refractivity contribution in [2.24, 2.45) is 0 Å². The second-order valence-electron chi connectivity index (χ2n) is 21.1. The number of hydrogen-bond acceptors (Lipinski definition) is 0. The van der Waals surface area contributed by atoms with Crippen molar-refractivity contribution in [1.82, 2.24) is 4.57 Å². The normalized spacial score (nSPS) is 14.1. The van der Waals surface area contributed by atoms with Gasteiger partial charge in [0.2, 0.25) is 0 Å². The highest BCUT2D eigenvalue weighted by Crippen LogP contribution is 2.57. The largest absolute Gasteiger partial charge is 0.309 e. The Hall–Kier alpha value is -8.78. The fraction of sp³-hybridized carbons (Fsp3) is 0.0959. The van der Waals surface area contributed by atoms with Crippen molar-refractivity contribution in [2.45, 2.75) is 43.4 Å². The fourth-order valence-electron chi connectivity index (χ4n) is 13.3. The zero-order valence-electron chi connectivity index (χ0n) is 41.8.